The molecule has 2 N–H and O–H groups in total. The van der Waals surface area contributed by atoms with Crippen LogP contribution in [0.3, 0.4) is 0 Å². The Hall–Kier alpha value is -3.42. The Morgan fingerprint density at radius 2 is 1.86 bits per heavy atom. The molecule has 1 unspecified atom stereocenters. The van der Waals surface area contributed by atoms with Gasteiger partial charge in [-0.2, -0.15) is 0 Å². The number of hydrogen-bond acceptors (Lipinski definition) is 4. The lowest BCUT2D eigenvalue weighted by Crippen LogP contribution is -2.46. The number of aryl methyl sites for hydroxylation is 1. The molecule has 3 rings (SSSR count). The average Bonchev–Trinajstić information content (AvgIpc) is 2.68. The molecule has 0 saturated carbocycles. The van der Waals surface area contributed by atoms with E-state index in [4.69, 9.17) is 4.74 Å². The van der Waals surface area contributed by atoms with Crippen molar-refractivity contribution < 1.29 is 28.6 Å². The fraction of sp³-hybridized carbons (Fsp3) is 0.250. The minimum atomic E-state index is -1.35. The van der Waals surface area contributed by atoms with Crippen LogP contribution in [-0.2, 0) is 20.8 Å². The second-order valence-corrected chi connectivity index (χ2v) is 6.31. The standard InChI is InChI=1S/C20H19FN2O5/c21-14-6-8-15(9-7-14)28-17(20(26)27)11-22-18(24)12-23-16-4-2-1-3-13(16)5-10-19(23)25/h1-4,6-9,17H,5,10-12H2,(H,22,24)(H,26,27). The van der Waals surface area contributed by atoms with E-state index in [0.29, 0.717) is 18.5 Å². The zero-order valence-electron chi connectivity index (χ0n) is 14.9. The maximum absolute atomic E-state index is 12.9. The van der Waals surface area contributed by atoms with Gasteiger partial charge in [-0.1, -0.05) is 18.2 Å². The summed E-state index contributed by atoms with van der Waals surface area (Å²) in [6.07, 6.45) is -0.408. The van der Waals surface area contributed by atoms with Crippen molar-refractivity contribution in [1.82, 2.24) is 5.32 Å². The largest absolute Gasteiger partial charge is 0.478 e. The van der Waals surface area contributed by atoms with E-state index in [9.17, 15) is 23.9 Å². The Bertz CT molecular complexity index is 884. The van der Waals surface area contributed by atoms with Gasteiger partial charge in [0.05, 0.1) is 6.54 Å². The van der Waals surface area contributed by atoms with Crippen LogP contribution >= 0.6 is 0 Å². The first-order valence-electron chi connectivity index (χ1n) is 8.74. The van der Waals surface area contributed by atoms with E-state index in [0.717, 1.165) is 17.7 Å². The molecule has 2 aromatic rings. The predicted octanol–water partition coefficient (Wildman–Crippen LogP) is 1.75. The molecule has 7 nitrogen and oxygen atoms in total. The van der Waals surface area contributed by atoms with E-state index in [-0.39, 0.29) is 24.7 Å². The number of amides is 2. The minimum Gasteiger partial charge on any atom is -0.478 e. The quantitative estimate of drug-likeness (QED) is 0.756. The van der Waals surface area contributed by atoms with Crippen molar-refractivity contribution in [2.75, 3.05) is 18.0 Å². The number of carbonyl (C=O) groups excluding carboxylic acids is 2. The average molecular weight is 386 g/mol. The van der Waals surface area contributed by atoms with Crippen molar-refractivity contribution in [1.29, 1.82) is 0 Å². The number of carboxylic acid groups (broad SMARTS) is 1. The topological polar surface area (TPSA) is 95.9 Å². The van der Waals surface area contributed by atoms with E-state index in [1.54, 1.807) is 12.1 Å². The van der Waals surface area contributed by atoms with E-state index in [2.05, 4.69) is 5.32 Å². The Balaban J connectivity index is 1.60. The van der Waals surface area contributed by atoms with Gasteiger partial charge in [0, 0.05) is 12.1 Å². The first-order valence-corrected chi connectivity index (χ1v) is 8.74. The molecule has 0 saturated heterocycles. The number of para-hydroxylation sites is 1. The summed E-state index contributed by atoms with van der Waals surface area (Å²) in [6.45, 7) is -0.506. The van der Waals surface area contributed by atoms with Gasteiger partial charge in [0.1, 0.15) is 18.1 Å². The number of carboxylic acids is 1. The molecular weight excluding hydrogens is 367 g/mol. The molecule has 1 aliphatic rings. The number of carbonyl (C=O) groups is 3. The normalized spacial score (nSPS) is 14.2. The number of halogens is 1. The van der Waals surface area contributed by atoms with Crippen molar-refractivity contribution in [2.24, 2.45) is 0 Å². The van der Waals surface area contributed by atoms with Crippen molar-refractivity contribution in [2.45, 2.75) is 18.9 Å². The second-order valence-electron chi connectivity index (χ2n) is 6.31. The fourth-order valence-corrected chi connectivity index (χ4v) is 2.93. The molecule has 146 valence electrons. The third-order valence-corrected chi connectivity index (χ3v) is 4.35. The second kappa shape index (κ2) is 8.51. The third kappa shape index (κ3) is 4.64. The van der Waals surface area contributed by atoms with E-state index in [1.165, 1.54) is 17.0 Å². The van der Waals surface area contributed by atoms with Crippen LogP contribution in [-0.4, -0.2) is 42.1 Å². The Labute approximate surface area is 160 Å². The van der Waals surface area contributed by atoms with Crippen LogP contribution in [0, 0.1) is 5.82 Å². The van der Waals surface area contributed by atoms with Crippen LogP contribution in [0.5, 0.6) is 5.75 Å². The summed E-state index contributed by atoms with van der Waals surface area (Å²) in [5.74, 6) is -2.24. The van der Waals surface area contributed by atoms with E-state index in [1.807, 2.05) is 12.1 Å². The molecule has 1 atom stereocenters. The smallest absolute Gasteiger partial charge is 0.346 e. The highest BCUT2D eigenvalue weighted by atomic mass is 19.1. The highest BCUT2D eigenvalue weighted by Crippen LogP contribution is 2.27. The monoisotopic (exact) mass is 386 g/mol. The highest BCUT2D eigenvalue weighted by Gasteiger charge is 2.26. The van der Waals surface area contributed by atoms with Gasteiger partial charge >= 0.3 is 5.97 Å². The van der Waals surface area contributed by atoms with Gasteiger partial charge in [-0.25, -0.2) is 9.18 Å². The van der Waals surface area contributed by atoms with Gasteiger partial charge in [-0.05, 0) is 42.3 Å². The van der Waals surface area contributed by atoms with Crippen LogP contribution < -0.4 is 15.0 Å². The molecule has 2 amide bonds. The number of nitrogens with zero attached hydrogens (tertiary/aromatic N) is 1. The van der Waals surface area contributed by atoms with Gasteiger partial charge in [0.25, 0.3) is 0 Å². The molecule has 0 aliphatic carbocycles. The summed E-state index contributed by atoms with van der Waals surface area (Å²) in [6, 6.07) is 12.2. The predicted molar refractivity (Wildman–Crippen MR) is 98.6 cm³/mol. The maximum atomic E-state index is 12.9. The number of anilines is 1. The Kier molecular flexibility index (Phi) is 5.88. The zero-order valence-corrected chi connectivity index (χ0v) is 14.9. The number of fused-ring (bicyclic) bond motifs is 1. The number of nitrogens with one attached hydrogen (secondary N) is 1. The molecule has 2 aromatic carbocycles. The minimum absolute atomic E-state index is 0.161. The lowest BCUT2D eigenvalue weighted by Gasteiger charge is -2.29. The lowest BCUT2D eigenvalue weighted by molar-refractivity contribution is -0.145. The molecule has 1 aliphatic heterocycles. The molecule has 0 aromatic heterocycles. The summed E-state index contributed by atoms with van der Waals surface area (Å²) in [5, 5.41) is 11.8. The fourth-order valence-electron chi connectivity index (χ4n) is 2.93. The van der Waals surface area contributed by atoms with E-state index < -0.39 is 23.8 Å². The number of aliphatic carboxylic acids is 1. The molecular formula is C20H19FN2O5. The molecule has 0 fully saturated rings. The van der Waals surface area contributed by atoms with Gasteiger partial charge in [0.15, 0.2) is 0 Å². The lowest BCUT2D eigenvalue weighted by atomic mass is 10.0. The van der Waals surface area contributed by atoms with Gasteiger partial charge in [0.2, 0.25) is 17.9 Å². The van der Waals surface area contributed by atoms with Crippen molar-refractivity contribution in [3.05, 3.63) is 59.9 Å². The van der Waals surface area contributed by atoms with Crippen LogP contribution in [0.25, 0.3) is 0 Å². The summed E-state index contributed by atoms with van der Waals surface area (Å²) in [4.78, 5) is 37.3. The van der Waals surface area contributed by atoms with Crippen LogP contribution in [0.15, 0.2) is 48.5 Å². The van der Waals surface area contributed by atoms with Gasteiger partial charge < -0.3 is 20.1 Å². The first kappa shape index (κ1) is 19.3. The molecule has 1 heterocycles. The van der Waals surface area contributed by atoms with E-state index >= 15 is 0 Å². The molecule has 28 heavy (non-hydrogen) atoms. The molecule has 8 heteroatoms. The SMILES string of the molecule is O=C(CN1C(=O)CCc2ccccc21)NCC(Oc1ccc(F)cc1)C(=O)O. The third-order valence-electron chi connectivity index (χ3n) is 4.35. The van der Waals surface area contributed by atoms with Crippen LogP contribution in [0.4, 0.5) is 10.1 Å². The Morgan fingerprint density at radius 1 is 1.14 bits per heavy atom. The van der Waals surface area contributed by atoms with Crippen LogP contribution in [0.1, 0.15) is 12.0 Å². The maximum Gasteiger partial charge on any atom is 0.346 e. The first-order chi connectivity index (χ1) is 13.4. The van der Waals surface area contributed by atoms with Crippen molar-refractivity contribution >= 4 is 23.5 Å². The summed E-state index contributed by atoms with van der Waals surface area (Å²) < 4.78 is 18.2. The number of ether oxygens (including phenoxy) is 1. The Morgan fingerprint density at radius 3 is 2.57 bits per heavy atom. The summed E-state index contributed by atoms with van der Waals surface area (Å²) in [7, 11) is 0. The number of hydrogen-bond donors (Lipinski definition) is 2. The van der Waals surface area contributed by atoms with Crippen molar-refractivity contribution in [3.63, 3.8) is 0 Å². The summed E-state index contributed by atoms with van der Waals surface area (Å²) in [5.41, 5.74) is 1.67. The van der Waals surface area contributed by atoms with Gasteiger partial charge in [-0.3, -0.25) is 9.59 Å². The molecule has 0 bridgehead atoms. The number of rotatable bonds is 7. The number of benzene rings is 2. The molecule has 0 radical (unpaired) electrons. The van der Waals surface area contributed by atoms with Crippen LogP contribution in [0.2, 0.25) is 0 Å². The zero-order chi connectivity index (χ0) is 20.1. The molecule has 0 spiro atoms. The summed E-state index contributed by atoms with van der Waals surface area (Å²) >= 11 is 0. The van der Waals surface area contributed by atoms with Crippen molar-refractivity contribution in [3.8, 4) is 5.75 Å². The highest BCUT2D eigenvalue weighted by molar-refractivity contribution is 6.01. The van der Waals surface area contributed by atoms with Gasteiger partial charge in [-0.15, -0.1) is 0 Å².